The molecule has 0 spiro atoms. The maximum Gasteiger partial charge on any atom is 0.379 e. The van der Waals surface area contributed by atoms with Gasteiger partial charge in [-0.1, -0.05) is 0 Å². The molecule has 0 amide bonds. The molecule has 0 unspecified atom stereocenters. The van der Waals surface area contributed by atoms with E-state index in [1.165, 1.54) is 6.92 Å². The summed E-state index contributed by atoms with van der Waals surface area (Å²) < 4.78 is 41.7. The van der Waals surface area contributed by atoms with E-state index in [-0.39, 0.29) is 24.9 Å². The second-order valence-electron chi connectivity index (χ2n) is 4.19. The minimum atomic E-state index is -3.31. The summed E-state index contributed by atoms with van der Waals surface area (Å²) in [6, 6.07) is 2.09. The van der Waals surface area contributed by atoms with E-state index < -0.39 is 28.8 Å². The van der Waals surface area contributed by atoms with Crippen molar-refractivity contribution in [1.82, 2.24) is 0 Å². The van der Waals surface area contributed by atoms with Crippen molar-refractivity contribution >= 4 is 11.8 Å². The molecule has 5 nitrogen and oxygen atoms in total. The molecule has 0 saturated heterocycles. The number of carbonyl (C=O) groups excluding carboxylic acids is 2. The largest absolute Gasteiger partial charge is 0.460 e. The van der Waals surface area contributed by atoms with E-state index in [9.17, 15) is 18.4 Å². The molecule has 0 radical (unpaired) electrons. The second-order valence-corrected chi connectivity index (χ2v) is 4.19. The topological polar surface area (TPSA) is 61.8 Å². The van der Waals surface area contributed by atoms with E-state index in [4.69, 9.17) is 9.47 Å². The summed E-state index contributed by atoms with van der Waals surface area (Å²) in [6.07, 6.45) is 0. The summed E-state index contributed by atoms with van der Waals surface area (Å²) >= 11 is 0. The first-order valence-corrected chi connectivity index (χ1v) is 5.88. The van der Waals surface area contributed by atoms with Crippen LogP contribution in [0.2, 0.25) is 0 Å². The van der Waals surface area contributed by atoms with E-state index in [1.54, 1.807) is 0 Å². The number of hydrogen-bond acceptors (Lipinski definition) is 5. The van der Waals surface area contributed by atoms with Gasteiger partial charge in [0.1, 0.15) is 0 Å². The Morgan fingerprint density at radius 3 is 2.45 bits per heavy atom. The van der Waals surface area contributed by atoms with E-state index in [2.05, 4.69) is 4.74 Å². The molecule has 1 aromatic carbocycles. The Kier molecular flexibility index (Phi) is 3.61. The van der Waals surface area contributed by atoms with E-state index in [0.717, 1.165) is 12.1 Å². The number of ketones is 1. The first-order valence-electron chi connectivity index (χ1n) is 5.88. The monoisotopic (exact) mass is 286 g/mol. The molecule has 1 aliphatic rings. The van der Waals surface area contributed by atoms with Gasteiger partial charge in [-0.3, -0.25) is 4.79 Å². The van der Waals surface area contributed by atoms with Gasteiger partial charge in [0.15, 0.2) is 11.5 Å². The average molecular weight is 286 g/mol. The minimum Gasteiger partial charge on any atom is -0.460 e. The predicted octanol–water partition coefficient (Wildman–Crippen LogP) is 2.27. The third-order valence-corrected chi connectivity index (χ3v) is 2.69. The molecule has 1 aliphatic heterocycles. The first kappa shape index (κ1) is 14.2. The molecule has 0 aromatic heterocycles. The fourth-order valence-corrected chi connectivity index (χ4v) is 1.80. The third-order valence-electron chi connectivity index (χ3n) is 2.69. The smallest absolute Gasteiger partial charge is 0.379 e. The van der Waals surface area contributed by atoms with Gasteiger partial charge in [0.2, 0.25) is 6.79 Å². The molecule has 0 atom stereocenters. The lowest BCUT2D eigenvalue weighted by atomic mass is 9.98. The van der Waals surface area contributed by atoms with Crippen molar-refractivity contribution in [3.8, 4) is 11.5 Å². The van der Waals surface area contributed by atoms with E-state index >= 15 is 0 Å². The molecule has 1 aromatic rings. The van der Waals surface area contributed by atoms with Crippen molar-refractivity contribution in [2.45, 2.75) is 19.8 Å². The normalized spacial score (nSPS) is 13.2. The molecule has 20 heavy (non-hydrogen) atoms. The average Bonchev–Trinajstić information content (AvgIpc) is 2.82. The number of halogens is 2. The quantitative estimate of drug-likeness (QED) is 0.482. The van der Waals surface area contributed by atoms with Crippen LogP contribution in [0.15, 0.2) is 12.1 Å². The Bertz CT molecular complexity index is 563. The summed E-state index contributed by atoms with van der Waals surface area (Å²) in [5.41, 5.74) is -1.04. The van der Waals surface area contributed by atoms with Gasteiger partial charge in [-0.05, 0) is 19.1 Å². The molecule has 0 aliphatic carbocycles. The molecule has 0 fully saturated rings. The van der Waals surface area contributed by atoms with E-state index in [0.29, 0.717) is 6.92 Å². The van der Waals surface area contributed by atoms with Crippen LogP contribution in [0.25, 0.3) is 0 Å². The van der Waals surface area contributed by atoms with Crippen molar-refractivity contribution in [2.24, 2.45) is 0 Å². The zero-order valence-corrected chi connectivity index (χ0v) is 10.9. The molecular weight excluding hydrogens is 274 g/mol. The highest BCUT2D eigenvalue weighted by Gasteiger charge is 2.35. The fraction of sp³-hybridized carbons (Fsp3) is 0.385. The Morgan fingerprint density at radius 2 is 1.90 bits per heavy atom. The van der Waals surface area contributed by atoms with Crippen molar-refractivity contribution < 1.29 is 32.6 Å². The fourth-order valence-electron chi connectivity index (χ4n) is 1.80. The Balaban J connectivity index is 2.50. The van der Waals surface area contributed by atoms with Gasteiger partial charge < -0.3 is 14.2 Å². The van der Waals surface area contributed by atoms with Crippen LogP contribution in [-0.2, 0) is 15.5 Å². The van der Waals surface area contributed by atoms with Crippen LogP contribution in [0.5, 0.6) is 11.5 Å². The highest BCUT2D eigenvalue weighted by molar-refractivity contribution is 6.41. The number of carbonyl (C=O) groups is 2. The number of benzene rings is 1. The van der Waals surface area contributed by atoms with Crippen LogP contribution < -0.4 is 9.47 Å². The van der Waals surface area contributed by atoms with Crippen LogP contribution in [0, 0.1) is 0 Å². The van der Waals surface area contributed by atoms with Gasteiger partial charge in [0.25, 0.3) is 11.7 Å². The number of ether oxygens (including phenoxy) is 3. The lowest BCUT2D eigenvalue weighted by Gasteiger charge is -2.15. The zero-order chi connectivity index (χ0) is 14.9. The molecule has 0 bridgehead atoms. The second kappa shape index (κ2) is 5.07. The molecule has 2 rings (SSSR count). The summed E-state index contributed by atoms with van der Waals surface area (Å²) in [5.74, 6) is -5.37. The van der Waals surface area contributed by atoms with Crippen molar-refractivity contribution in [3.63, 3.8) is 0 Å². The van der Waals surface area contributed by atoms with Gasteiger partial charge in [-0.2, -0.15) is 0 Å². The lowest BCUT2D eigenvalue weighted by Crippen LogP contribution is -2.22. The molecular formula is C13H12F2O5. The molecule has 7 heteroatoms. The Hall–Kier alpha value is -2.18. The standard InChI is InChI=1S/C13H12F2O5/c1-3-18-12(17)11(16)7-4-9-10(20-6-19-9)5-8(7)13(2,14)15/h4-5H,3,6H2,1-2H3. The van der Waals surface area contributed by atoms with E-state index in [1.807, 2.05) is 0 Å². The number of esters is 1. The molecule has 1 heterocycles. The highest BCUT2D eigenvalue weighted by atomic mass is 19.3. The van der Waals surface area contributed by atoms with Crippen molar-refractivity contribution in [1.29, 1.82) is 0 Å². The van der Waals surface area contributed by atoms with Gasteiger partial charge >= 0.3 is 5.97 Å². The maximum atomic E-state index is 13.6. The highest BCUT2D eigenvalue weighted by Crippen LogP contribution is 2.40. The van der Waals surface area contributed by atoms with Gasteiger partial charge in [-0.15, -0.1) is 0 Å². The maximum absolute atomic E-state index is 13.6. The number of hydrogen-bond donors (Lipinski definition) is 0. The number of alkyl halides is 2. The lowest BCUT2D eigenvalue weighted by molar-refractivity contribution is -0.137. The predicted molar refractivity (Wildman–Crippen MR) is 63.1 cm³/mol. The van der Waals surface area contributed by atoms with Crippen LogP contribution in [-0.4, -0.2) is 25.2 Å². The van der Waals surface area contributed by atoms with Crippen LogP contribution >= 0.6 is 0 Å². The molecule has 0 N–H and O–H groups in total. The van der Waals surface area contributed by atoms with Crippen LogP contribution in [0.3, 0.4) is 0 Å². The number of fused-ring (bicyclic) bond motifs is 1. The molecule has 108 valence electrons. The summed E-state index contributed by atoms with van der Waals surface area (Å²) in [7, 11) is 0. The van der Waals surface area contributed by atoms with Gasteiger partial charge in [0.05, 0.1) is 6.61 Å². The van der Waals surface area contributed by atoms with Crippen molar-refractivity contribution in [2.75, 3.05) is 13.4 Å². The Labute approximate surface area is 113 Å². The zero-order valence-electron chi connectivity index (χ0n) is 10.9. The summed E-state index contributed by atoms with van der Waals surface area (Å²) in [5, 5.41) is 0. The summed E-state index contributed by atoms with van der Waals surface area (Å²) in [6.45, 7) is 2.00. The minimum absolute atomic E-state index is 0.0209. The summed E-state index contributed by atoms with van der Waals surface area (Å²) in [4.78, 5) is 23.3. The van der Waals surface area contributed by atoms with Crippen LogP contribution in [0.1, 0.15) is 29.8 Å². The van der Waals surface area contributed by atoms with Gasteiger partial charge in [0, 0.05) is 18.1 Å². The van der Waals surface area contributed by atoms with Crippen LogP contribution in [0.4, 0.5) is 8.78 Å². The number of rotatable bonds is 4. The SMILES string of the molecule is CCOC(=O)C(=O)c1cc2c(cc1C(C)(F)F)OCO2. The van der Waals surface area contributed by atoms with Crippen molar-refractivity contribution in [3.05, 3.63) is 23.3 Å². The number of Topliss-reactive ketones (excluding diaryl/α,β-unsaturated/α-hetero) is 1. The van der Waals surface area contributed by atoms with Gasteiger partial charge in [-0.25, -0.2) is 13.6 Å². The third kappa shape index (κ3) is 2.56. The first-order chi connectivity index (χ1) is 9.34. The Morgan fingerprint density at radius 1 is 1.30 bits per heavy atom. The molecule has 0 saturated carbocycles.